The van der Waals surface area contributed by atoms with Crippen LogP contribution in [0.15, 0.2) is 42.6 Å². The Morgan fingerprint density at radius 1 is 1.00 bits per heavy atom. The van der Waals surface area contributed by atoms with Gasteiger partial charge in [-0.3, -0.25) is 4.98 Å². The van der Waals surface area contributed by atoms with Crippen LogP contribution in [-0.2, 0) is 6.18 Å². The minimum atomic E-state index is -4.38. The van der Waals surface area contributed by atoms with Gasteiger partial charge in [-0.25, -0.2) is 4.39 Å². The Bertz CT molecular complexity index is 546. The molecule has 2 rings (SSSR count). The highest BCUT2D eigenvalue weighted by molar-refractivity contribution is 5.31. The van der Waals surface area contributed by atoms with Gasteiger partial charge in [-0.2, -0.15) is 13.2 Å². The third-order valence-corrected chi connectivity index (χ3v) is 2.67. The summed E-state index contributed by atoms with van der Waals surface area (Å²) in [6, 6.07) is 6.40. The van der Waals surface area contributed by atoms with E-state index in [1.807, 2.05) is 0 Å². The number of halogens is 4. The lowest BCUT2D eigenvalue weighted by molar-refractivity contribution is -0.137. The van der Waals surface area contributed by atoms with Crippen molar-refractivity contribution < 1.29 is 17.6 Å². The molecule has 0 aliphatic carbocycles. The molecule has 0 spiro atoms. The zero-order valence-corrected chi connectivity index (χ0v) is 9.66. The number of benzene rings is 1. The van der Waals surface area contributed by atoms with Gasteiger partial charge < -0.3 is 5.73 Å². The van der Waals surface area contributed by atoms with E-state index < -0.39 is 23.6 Å². The molecule has 100 valence electrons. The van der Waals surface area contributed by atoms with E-state index in [0.29, 0.717) is 11.3 Å². The average Bonchev–Trinajstić information content (AvgIpc) is 2.38. The molecule has 0 aliphatic rings. The molecule has 2 nitrogen and oxygen atoms in total. The van der Waals surface area contributed by atoms with Crippen molar-refractivity contribution in [3.8, 4) is 0 Å². The summed E-state index contributed by atoms with van der Waals surface area (Å²) in [6.45, 7) is 0. The predicted octanol–water partition coefficient (Wildman–Crippen LogP) is 3.29. The molecule has 1 aromatic carbocycles. The first-order valence-electron chi connectivity index (χ1n) is 5.42. The molecule has 0 bridgehead atoms. The molecule has 0 radical (unpaired) electrons. The molecule has 0 fully saturated rings. The number of pyridine rings is 1. The molecular weight excluding hydrogens is 260 g/mol. The van der Waals surface area contributed by atoms with Crippen molar-refractivity contribution in [2.45, 2.75) is 12.2 Å². The van der Waals surface area contributed by atoms with Gasteiger partial charge in [0, 0.05) is 0 Å². The van der Waals surface area contributed by atoms with Crippen LogP contribution in [0.5, 0.6) is 0 Å². The summed E-state index contributed by atoms with van der Waals surface area (Å²) in [5.41, 5.74) is 5.99. The van der Waals surface area contributed by atoms with E-state index in [1.165, 1.54) is 24.3 Å². The van der Waals surface area contributed by atoms with Crippen LogP contribution in [0.4, 0.5) is 17.6 Å². The molecule has 0 saturated carbocycles. The molecule has 2 N–H and O–H groups in total. The first-order valence-corrected chi connectivity index (χ1v) is 5.42. The number of nitrogens with two attached hydrogens (primary N) is 1. The molecule has 6 heteroatoms. The lowest BCUT2D eigenvalue weighted by atomic mass is 10.0. The Morgan fingerprint density at radius 3 is 2.11 bits per heavy atom. The highest BCUT2D eigenvalue weighted by Crippen LogP contribution is 2.30. The maximum atomic E-state index is 12.7. The van der Waals surface area contributed by atoms with E-state index in [1.54, 1.807) is 0 Å². The largest absolute Gasteiger partial charge is 0.416 e. The number of hydrogen-bond acceptors (Lipinski definition) is 2. The Labute approximate surface area is 106 Å². The Kier molecular flexibility index (Phi) is 3.53. The Morgan fingerprint density at radius 2 is 1.63 bits per heavy atom. The van der Waals surface area contributed by atoms with Crippen molar-refractivity contribution in [2.24, 2.45) is 5.73 Å². The van der Waals surface area contributed by atoms with Gasteiger partial charge >= 0.3 is 6.18 Å². The van der Waals surface area contributed by atoms with Gasteiger partial charge in [-0.15, -0.1) is 0 Å². The summed E-state index contributed by atoms with van der Waals surface area (Å²) in [6.07, 6.45) is -3.37. The molecule has 1 unspecified atom stereocenters. The average molecular weight is 270 g/mol. The highest BCUT2D eigenvalue weighted by Gasteiger charge is 2.30. The van der Waals surface area contributed by atoms with Crippen molar-refractivity contribution in [3.63, 3.8) is 0 Å². The summed E-state index contributed by atoms with van der Waals surface area (Å²) in [5, 5.41) is 0. The van der Waals surface area contributed by atoms with Gasteiger partial charge in [0.15, 0.2) is 0 Å². The van der Waals surface area contributed by atoms with E-state index in [-0.39, 0.29) is 0 Å². The predicted molar refractivity (Wildman–Crippen MR) is 61.7 cm³/mol. The molecule has 2 aromatic rings. The van der Waals surface area contributed by atoms with Gasteiger partial charge in [-0.1, -0.05) is 12.1 Å². The van der Waals surface area contributed by atoms with Crippen molar-refractivity contribution in [1.29, 1.82) is 0 Å². The number of alkyl halides is 3. The van der Waals surface area contributed by atoms with E-state index in [0.717, 1.165) is 18.3 Å². The number of aromatic nitrogens is 1. The molecule has 1 aromatic heterocycles. The van der Waals surface area contributed by atoms with E-state index >= 15 is 0 Å². The molecule has 1 heterocycles. The van der Waals surface area contributed by atoms with Gasteiger partial charge in [-0.05, 0) is 29.8 Å². The van der Waals surface area contributed by atoms with Crippen LogP contribution < -0.4 is 5.73 Å². The molecule has 1 atom stereocenters. The van der Waals surface area contributed by atoms with Crippen molar-refractivity contribution in [3.05, 3.63) is 65.2 Å². The van der Waals surface area contributed by atoms with Crippen LogP contribution in [0.1, 0.15) is 22.9 Å². The van der Waals surface area contributed by atoms with Crippen molar-refractivity contribution in [2.75, 3.05) is 0 Å². The van der Waals surface area contributed by atoms with E-state index in [2.05, 4.69) is 4.98 Å². The molecule has 0 aliphatic heterocycles. The monoisotopic (exact) mass is 270 g/mol. The summed E-state index contributed by atoms with van der Waals surface area (Å²) in [5.74, 6) is -0.497. The van der Waals surface area contributed by atoms with E-state index in [4.69, 9.17) is 5.73 Å². The second-order valence-corrected chi connectivity index (χ2v) is 4.00. The normalized spacial score (nSPS) is 13.3. The van der Waals surface area contributed by atoms with Gasteiger partial charge in [0.1, 0.15) is 5.82 Å². The van der Waals surface area contributed by atoms with Crippen LogP contribution in [0.3, 0.4) is 0 Å². The Hall–Kier alpha value is -1.95. The van der Waals surface area contributed by atoms with Crippen LogP contribution in [0, 0.1) is 5.82 Å². The Balaban J connectivity index is 2.25. The molecule has 0 amide bonds. The van der Waals surface area contributed by atoms with Crippen LogP contribution in [0.2, 0.25) is 0 Å². The summed E-state index contributed by atoms with van der Waals surface area (Å²) in [4.78, 5) is 3.80. The first-order chi connectivity index (χ1) is 8.88. The van der Waals surface area contributed by atoms with Crippen molar-refractivity contribution >= 4 is 0 Å². The van der Waals surface area contributed by atoms with Crippen LogP contribution >= 0.6 is 0 Å². The molecule has 19 heavy (non-hydrogen) atoms. The molecule has 0 saturated heterocycles. The summed E-state index contributed by atoms with van der Waals surface area (Å²) in [7, 11) is 0. The quantitative estimate of drug-likeness (QED) is 0.850. The summed E-state index contributed by atoms with van der Waals surface area (Å²) >= 11 is 0. The second kappa shape index (κ2) is 4.97. The third-order valence-electron chi connectivity index (χ3n) is 2.67. The third kappa shape index (κ3) is 3.08. The minimum absolute atomic E-state index is 0.390. The fourth-order valence-electron chi connectivity index (χ4n) is 1.62. The maximum Gasteiger partial charge on any atom is 0.416 e. The number of hydrogen-bond donors (Lipinski definition) is 1. The highest BCUT2D eigenvalue weighted by atomic mass is 19.4. The van der Waals surface area contributed by atoms with Gasteiger partial charge in [0.05, 0.1) is 23.5 Å². The molecular formula is C13H10F4N2. The fourth-order valence-corrected chi connectivity index (χ4v) is 1.62. The zero-order valence-electron chi connectivity index (χ0n) is 9.66. The van der Waals surface area contributed by atoms with Crippen LogP contribution in [-0.4, -0.2) is 4.98 Å². The zero-order chi connectivity index (χ0) is 14.0. The summed E-state index contributed by atoms with van der Waals surface area (Å²) < 4.78 is 49.9. The maximum absolute atomic E-state index is 12.7. The van der Waals surface area contributed by atoms with Gasteiger partial charge in [0.2, 0.25) is 0 Å². The first kappa shape index (κ1) is 13.5. The SMILES string of the molecule is NC(c1ccc(C(F)(F)F)cc1)c1ccc(F)cn1. The standard InChI is InChI=1S/C13H10F4N2/c14-10-5-6-11(19-7-10)12(18)8-1-3-9(4-2-8)13(15,16)17/h1-7,12H,18H2. The fraction of sp³-hybridized carbons (Fsp3) is 0.154. The van der Waals surface area contributed by atoms with Gasteiger partial charge in [0.25, 0.3) is 0 Å². The smallest absolute Gasteiger partial charge is 0.319 e. The lowest BCUT2D eigenvalue weighted by Gasteiger charge is -2.13. The number of rotatable bonds is 2. The number of nitrogens with zero attached hydrogens (tertiary/aromatic N) is 1. The lowest BCUT2D eigenvalue weighted by Crippen LogP contribution is -2.14. The van der Waals surface area contributed by atoms with Crippen LogP contribution in [0.25, 0.3) is 0 Å². The van der Waals surface area contributed by atoms with Crippen molar-refractivity contribution in [1.82, 2.24) is 4.98 Å². The van der Waals surface area contributed by atoms with E-state index in [9.17, 15) is 17.6 Å². The second-order valence-electron chi connectivity index (χ2n) is 4.00. The topological polar surface area (TPSA) is 38.9 Å². The minimum Gasteiger partial charge on any atom is -0.319 e.